The van der Waals surface area contributed by atoms with Gasteiger partial charge in [-0.1, -0.05) is 12.1 Å². The molecule has 1 saturated heterocycles. The minimum Gasteiger partial charge on any atom is -0.354 e. The molecule has 1 aromatic carbocycles. The van der Waals surface area contributed by atoms with Gasteiger partial charge >= 0.3 is 6.18 Å². The summed E-state index contributed by atoms with van der Waals surface area (Å²) in [6.45, 7) is 3.46. The zero-order chi connectivity index (χ0) is 21.4. The Kier molecular flexibility index (Phi) is 10.8. The number of aliphatic imine (C=N–C) groups is 1. The Morgan fingerprint density at radius 2 is 1.67 bits per heavy atom. The molecule has 0 aliphatic carbocycles. The van der Waals surface area contributed by atoms with Gasteiger partial charge in [0.1, 0.15) is 11.9 Å². The number of nitrogens with zero attached hydrogens (tertiary/aromatic N) is 3. The second-order valence-electron chi connectivity index (χ2n) is 6.87. The summed E-state index contributed by atoms with van der Waals surface area (Å²) >= 11 is 0. The molecule has 0 spiro atoms. The fourth-order valence-corrected chi connectivity index (χ4v) is 3.09. The molecule has 1 aliphatic heterocycles. The lowest BCUT2D eigenvalue weighted by atomic mass is 10.1. The zero-order valence-electron chi connectivity index (χ0n) is 17.0. The monoisotopic (exact) mass is 545 g/mol. The average molecular weight is 545 g/mol. The van der Waals surface area contributed by atoms with Gasteiger partial charge in [0.25, 0.3) is 0 Å². The predicted octanol–water partition coefficient (Wildman–Crippen LogP) is 2.25. The molecule has 1 unspecified atom stereocenters. The molecular weight excluding hydrogens is 517 g/mol. The van der Waals surface area contributed by atoms with E-state index in [2.05, 4.69) is 15.6 Å². The topological polar surface area (TPSA) is 60.0 Å². The maximum atomic E-state index is 12.9. The van der Waals surface area contributed by atoms with Gasteiger partial charge in [0.05, 0.1) is 6.42 Å². The highest BCUT2D eigenvalue weighted by atomic mass is 127. The standard InChI is InChI=1S/C19H27F4N5O.HI/c1-14(19(21,22)23)27-9-11-28(12-10-27)18(24-2)26-8-7-25-17(29)13-15-3-5-16(20)6-4-15;/h3-6,14H,7-13H2,1-2H3,(H,24,26)(H,25,29);1H. The van der Waals surface area contributed by atoms with E-state index in [1.165, 1.54) is 24.0 Å². The molecule has 1 atom stereocenters. The summed E-state index contributed by atoms with van der Waals surface area (Å²) in [6.07, 6.45) is -4.07. The van der Waals surface area contributed by atoms with Crippen molar-refractivity contribution in [2.24, 2.45) is 4.99 Å². The van der Waals surface area contributed by atoms with E-state index >= 15 is 0 Å². The van der Waals surface area contributed by atoms with E-state index in [9.17, 15) is 22.4 Å². The molecule has 1 heterocycles. The fraction of sp³-hybridized carbons (Fsp3) is 0.579. The number of carbonyl (C=O) groups excluding carboxylic acids is 1. The lowest BCUT2D eigenvalue weighted by Gasteiger charge is -2.39. The summed E-state index contributed by atoms with van der Waals surface area (Å²) in [5.74, 6) is 0.0682. The van der Waals surface area contributed by atoms with Crippen LogP contribution in [0.25, 0.3) is 0 Å². The molecule has 0 radical (unpaired) electrons. The number of hydrogen-bond donors (Lipinski definition) is 2. The number of guanidine groups is 1. The summed E-state index contributed by atoms with van der Waals surface area (Å²) in [4.78, 5) is 19.4. The number of rotatable bonds is 6. The van der Waals surface area contributed by atoms with Gasteiger partial charge in [-0.2, -0.15) is 13.2 Å². The molecule has 1 aromatic rings. The maximum absolute atomic E-state index is 12.9. The van der Waals surface area contributed by atoms with E-state index < -0.39 is 12.2 Å². The minimum absolute atomic E-state index is 0. The first-order chi connectivity index (χ1) is 13.7. The Labute approximate surface area is 191 Å². The highest BCUT2D eigenvalue weighted by Crippen LogP contribution is 2.25. The van der Waals surface area contributed by atoms with Crippen molar-refractivity contribution in [2.45, 2.75) is 25.6 Å². The van der Waals surface area contributed by atoms with Crippen molar-refractivity contribution in [2.75, 3.05) is 46.3 Å². The second kappa shape index (κ2) is 12.3. The molecule has 170 valence electrons. The van der Waals surface area contributed by atoms with Crippen molar-refractivity contribution in [1.82, 2.24) is 20.4 Å². The van der Waals surface area contributed by atoms with Crippen molar-refractivity contribution in [3.63, 3.8) is 0 Å². The number of carbonyl (C=O) groups is 1. The van der Waals surface area contributed by atoms with Gasteiger partial charge in [-0.15, -0.1) is 24.0 Å². The van der Waals surface area contributed by atoms with Crippen LogP contribution in [0.4, 0.5) is 17.6 Å². The number of halogens is 5. The Morgan fingerprint density at radius 1 is 1.10 bits per heavy atom. The van der Waals surface area contributed by atoms with Crippen LogP contribution in [0.1, 0.15) is 12.5 Å². The van der Waals surface area contributed by atoms with Crippen LogP contribution in [-0.2, 0) is 11.2 Å². The molecule has 0 bridgehead atoms. The number of piperazine rings is 1. The Morgan fingerprint density at radius 3 is 2.20 bits per heavy atom. The van der Waals surface area contributed by atoms with Crippen LogP contribution in [0, 0.1) is 5.82 Å². The van der Waals surface area contributed by atoms with E-state index in [4.69, 9.17) is 0 Å². The Balaban J connectivity index is 0.00000450. The molecule has 1 amide bonds. The van der Waals surface area contributed by atoms with Gasteiger partial charge in [0.2, 0.25) is 5.91 Å². The van der Waals surface area contributed by atoms with E-state index in [0.717, 1.165) is 5.56 Å². The van der Waals surface area contributed by atoms with E-state index in [-0.39, 0.29) is 42.1 Å². The predicted molar refractivity (Wildman–Crippen MR) is 119 cm³/mol. The van der Waals surface area contributed by atoms with Crippen LogP contribution in [0.15, 0.2) is 29.3 Å². The zero-order valence-corrected chi connectivity index (χ0v) is 19.3. The van der Waals surface area contributed by atoms with Crippen molar-refractivity contribution in [3.8, 4) is 0 Å². The first-order valence-corrected chi connectivity index (χ1v) is 9.48. The largest absolute Gasteiger partial charge is 0.403 e. The minimum atomic E-state index is -4.23. The highest BCUT2D eigenvalue weighted by molar-refractivity contribution is 14.0. The number of hydrogen-bond acceptors (Lipinski definition) is 3. The van der Waals surface area contributed by atoms with Crippen molar-refractivity contribution >= 4 is 35.8 Å². The smallest absolute Gasteiger partial charge is 0.354 e. The molecular formula is C19H28F4IN5O. The SMILES string of the molecule is CN=C(NCCNC(=O)Cc1ccc(F)cc1)N1CCN(C(C)C(F)(F)F)CC1.I. The van der Waals surface area contributed by atoms with Crippen LogP contribution in [0.3, 0.4) is 0 Å². The first kappa shape index (κ1) is 26.4. The van der Waals surface area contributed by atoms with Crippen LogP contribution < -0.4 is 10.6 Å². The molecule has 30 heavy (non-hydrogen) atoms. The lowest BCUT2D eigenvalue weighted by Crippen LogP contribution is -2.57. The molecule has 11 heteroatoms. The van der Waals surface area contributed by atoms with Crippen molar-refractivity contribution < 1.29 is 22.4 Å². The summed E-state index contributed by atoms with van der Waals surface area (Å²) in [6, 6.07) is 4.28. The third kappa shape index (κ3) is 8.25. The average Bonchev–Trinajstić information content (AvgIpc) is 2.69. The molecule has 0 aromatic heterocycles. The highest BCUT2D eigenvalue weighted by Gasteiger charge is 2.41. The normalized spacial score (nSPS) is 16.6. The van der Waals surface area contributed by atoms with Crippen LogP contribution >= 0.6 is 24.0 Å². The third-order valence-corrected chi connectivity index (χ3v) is 4.86. The van der Waals surface area contributed by atoms with Crippen molar-refractivity contribution in [1.29, 1.82) is 0 Å². The molecule has 2 rings (SSSR count). The quantitative estimate of drug-likeness (QED) is 0.190. The number of alkyl halides is 3. The van der Waals surface area contributed by atoms with Gasteiger partial charge < -0.3 is 15.5 Å². The maximum Gasteiger partial charge on any atom is 0.403 e. The summed E-state index contributed by atoms with van der Waals surface area (Å²) in [7, 11) is 1.61. The van der Waals surface area contributed by atoms with Gasteiger partial charge in [0, 0.05) is 46.3 Å². The van der Waals surface area contributed by atoms with Gasteiger partial charge in [-0.25, -0.2) is 4.39 Å². The fourth-order valence-electron chi connectivity index (χ4n) is 3.09. The first-order valence-electron chi connectivity index (χ1n) is 9.48. The van der Waals surface area contributed by atoms with Crippen LogP contribution in [-0.4, -0.2) is 80.2 Å². The van der Waals surface area contributed by atoms with Crippen molar-refractivity contribution in [3.05, 3.63) is 35.6 Å². The second-order valence-corrected chi connectivity index (χ2v) is 6.87. The van der Waals surface area contributed by atoms with Gasteiger partial charge in [-0.3, -0.25) is 14.7 Å². The summed E-state index contributed by atoms with van der Waals surface area (Å²) in [5, 5.41) is 5.88. The Bertz CT molecular complexity index is 691. The van der Waals surface area contributed by atoms with E-state index in [1.54, 1.807) is 19.2 Å². The molecule has 2 N–H and O–H groups in total. The summed E-state index contributed by atoms with van der Waals surface area (Å²) in [5.41, 5.74) is 0.721. The van der Waals surface area contributed by atoms with Crippen LogP contribution in [0.5, 0.6) is 0 Å². The Hall–Kier alpha value is -1.63. The number of benzene rings is 1. The third-order valence-electron chi connectivity index (χ3n) is 4.86. The van der Waals surface area contributed by atoms with E-state index in [1.807, 2.05) is 4.90 Å². The van der Waals surface area contributed by atoms with Gasteiger partial charge in [0.15, 0.2) is 5.96 Å². The summed E-state index contributed by atoms with van der Waals surface area (Å²) < 4.78 is 51.4. The van der Waals surface area contributed by atoms with Crippen LogP contribution in [0.2, 0.25) is 0 Å². The molecule has 0 saturated carbocycles. The lowest BCUT2D eigenvalue weighted by molar-refractivity contribution is -0.181. The number of nitrogens with one attached hydrogen (secondary N) is 2. The van der Waals surface area contributed by atoms with E-state index in [0.29, 0.717) is 45.2 Å². The number of amides is 1. The molecule has 1 aliphatic rings. The molecule has 6 nitrogen and oxygen atoms in total. The van der Waals surface area contributed by atoms with Gasteiger partial charge in [-0.05, 0) is 24.6 Å². The molecule has 1 fully saturated rings.